The number of piperazine rings is 1. The molecule has 0 aliphatic carbocycles. The molecule has 5 heterocycles. The van der Waals surface area contributed by atoms with Crippen LogP contribution in [0.5, 0.6) is 0 Å². The second-order valence-corrected chi connectivity index (χ2v) is 10.0. The molecule has 8 nitrogen and oxygen atoms in total. The molecule has 0 N–H and O–H groups in total. The third kappa shape index (κ3) is 3.09. The lowest BCUT2D eigenvalue weighted by Gasteiger charge is -2.37. The molecule has 1 aromatic heterocycles. The molecule has 2 amide bonds. The number of hydrogen-bond donors (Lipinski definition) is 0. The van der Waals surface area contributed by atoms with Gasteiger partial charge in [0.15, 0.2) is 0 Å². The van der Waals surface area contributed by atoms with E-state index in [1.54, 1.807) is 18.5 Å². The van der Waals surface area contributed by atoms with Crippen molar-refractivity contribution in [1.82, 2.24) is 19.8 Å². The number of amides is 2. The Hall–Kier alpha value is -2.48. The van der Waals surface area contributed by atoms with E-state index < -0.39 is 17.4 Å². The Labute approximate surface area is 176 Å². The van der Waals surface area contributed by atoms with E-state index in [2.05, 4.69) is 35.6 Å². The van der Waals surface area contributed by atoms with Crippen LogP contribution in [0.2, 0.25) is 0 Å². The number of aromatic nitrogens is 2. The maximum absolute atomic E-state index is 13.5. The normalized spacial score (nSPS) is 32.8. The maximum Gasteiger partial charge on any atom is 0.230 e. The lowest BCUT2D eigenvalue weighted by Crippen LogP contribution is -2.53. The average molecular weight is 412 g/mol. The van der Waals surface area contributed by atoms with Gasteiger partial charge in [0.25, 0.3) is 0 Å². The van der Waals surface area contributed by atoms with Gasteiger partial charge in [-0.3, -0.25) is 9.59 Å². The fourth-order valence-corrected chi connectivity index (χ4v) is 5.36. The van der Waals surface area contributed by atoms with Crippen LogP contribution >= 0.6 is 0 Å². The number of carbonyl (C=O) groups is 2. The van der Waals surface area contributed by atoms with Crippen molar-refractivity contribution in [1.29, 1.82) is 0 Å². The number of likely N-dealkylation sites (tertiary alicyclic amines) is 1. The van der Waals surface area contributed by atoms with E-state index in [0.29, 0.717) is 45.2 Å². The zero-order valence-electron chi connectivity index (χ0n) is 17.8. The Balaban J connectivity index is 1.30. The summed E-state index contributed by atoms with van der Waals surface area (Å²) < 4.78 is 6.26. The smallest absolute Gasteiger partial charge is 0.230 e. The second-order valence-electron chi connectivity index (χ2n) is 10.0. The molecule has 0 saturated carbocycles. The predicted octanol–water partition coefficient (Wildman–Crippen LogP) is 0.953. The van der Waals surface area contributed by atoms with Crippen molar-refractivity contribution in [2.45, 2.75) is 32.5 Å². The molecule has 0 aromatic carbocycles. The summed E-state index contributed by atoms with van der Waals surface area (Å²) in [6.07, 6.45) is 7.18. The largest absolute Gasteiger partial charge is 0.360 e. The maximum atomic E-state index is 13.5. The Morgan fingerprint density at radius 2 is 1.90 bits per heavy atom. The molecule has 4 aliphatic heterocycles. The summed E-state index contributed by atoms with van der Waals surface area (Å²) in [5.41, 5.74) is -0.630. The Morgan fingerprint density at radius 1 is 1.20 bits per heavy atom. The molecule has 30 heavy (non-hydrogen) atoms. The van der Waals surface area contributed by atoms with Crippen molar-refractivity contribution in [3.8, 4) is 0 Å². The van der Waals surface area contributed by atoms with Crippen LogP contribution in [-0.4, -0.2) is 82.6 Å². The number of ether oxygens (including phenoxy) is 1. The summed E-state index contributed by atoms with van der Waals surface area (Å²) in [5, 5.41) is 0. The molecule has 0 radical (unpaired) electrons. The molecule has 1 aromatic rings. The van der Waals surface area contributed by atoms with Gasteiger partial charge in [0.1, 0.15) is 5.60 Å². The van der Waals surface area contributed by atoms with Crippen LogP contribution in [0.25, 0.3) is 0 Å². The molecule has 5 rings (SSSR count). The minimum absolute atomic E-state index is 0.00198. The van der Waals surface area contributed by atoms with E-state index in [-0.39, 0.29) is 23.3 Å². The minimum Gasteiger partial charge on any atom is -0.360 e. The Bertz CT molecular complexity index is 875. The van der Waals surface area contributed by atoms with Gasteiger partial charge in [-0.25, -0.2) is 9.97 Å². The molecular weight excluding hydrogens is 382 g/mol. The van der Waals surface area contributed by atoms with Crippen LogP contribution in [0.3, 0.4) is 0 Å². The van der Waals surface area contributed by atoms with Gasteiger partial charge in [-0.15, -0.1) is 0 Å². The van der Waals surface area contributed by atoms with Gasteiger partial charge >= 0.3 is 0 Å². The first kappa shape index (κ1) is 19.5. The fourth-order valence-electron chi connectivity index (χ4n) is 5.36. The summed E-state index contributed by atoms with van der Waals surface area (Å²) >= 11 is 0. The highest BCUT2D eigenvalue weighted by Crippen LogP contribution is 2.52. The Kier molecular flexibility index (Phi) is 4.39. The topological polar surface area (TPSA) is 78.9 Å². The zero-order chi connectivity index (χ0) is 21.1. The third-order valence-electron chi connectivity index (χ3n) is 6.56. The van der Waals surface area contributed by atoms with Gasteiger partial charge in [-0.2, -0.15) is 0 Å². The minimum atomic E-state index is -0.632. The number of anilines is 1. The molecule has 160 valence electrons. The summed E-state index contributed by atoms with van der Waals surface area (Å²) in [6, 6.07) is 1.79. The molecule has 4 aliphatic rings. The summed E-state index contributed by atoms with van der Waals surface area (Å²) in [5.74, 6) is -0.0365. The average Bonchev–Trinajstić information content (AvgIpc) is 3.35. The van der Waals surface area contributed by atoms with E-state index in [4.69, 9.17) is 4.74 Å². The van der Waals surface area contributed by atoms with E-state index in [1.807, 2.05) is 22.0 Å². The van der Waals surface area contributed by atoms with Crippen molar-refractivity contribution >= 4 is 17.8 Å². The standard InChI is InChI=1S/C22H29N5O3/c1-21(2,3)13-27-14-22-6-5-15(30-22)16(17(22)19(27)29)18(28)25-9-11-26(12-10-25)20-23-7-4-8-24-20/h4-8,15-17H,9-14H2,1-3H3/t15-,16?,17?,22-/m1/s1. The van der Waals surface area contributed by atoms with Crippen LogP contribution in [0.4, 0.5) is 5.95 Å². The summed E-state index contributed by atoms with van der Waals surface area (Å²) in [7, 11) is 0. The number of rotatable bonds is 3. The zero-order valence-corrected chi connectivity index (χ0v) is 17.8. The fraction of sp³-hybridized carbons (Fsp3) is 0.636. The first-order valence-electron chi connectivity index (χ1n) is 10.7. The lowest BCUT2D eigenvalue weighted by molar-refractivity contribution is -0.143. The van der Waals surface area contributed by atoms with Crippen LogP contribution in [-0.2, 0) is 14.3 Å². The highest BCUT2D eigenvalue weighted by atomic mass is 16.5. The number of hydrogen-bond acceptors (Lipinski definition) is 6. The molecule has 8 heteroatoms. The summed E-state index contributed by atoms with van der Waals surface area (Å²) in [6.45, 7) is 10.2. The SMILES string of the molecule is CC(C)(C)CN1C[C@@]23C=C[C@@H](O2)C(C(=O)N2CCN(c4ncccn4)CC2)C3C1=O. The van der Waals surface area contributed by atoms with Crippen molar-refractivity contribution in [3.05, 3.63) is 30.6 Å². The molecular formula is C22H29N5O3. The van der Waals surface area contributed by atoms with Crippen molar-refractivity contribution < 1.29 is 14.3 Å². The molecule has 4 atom stereocenters. The van der Waals surface area contributed by atoms with Crippen LogP contribution < -0.4 is 4.90 Å². The second kappa shape index (κ2) is 6.77. The van der Waals surface area contributed by atoms with Gasteiger partial charge in [-0.05, 0) is 11.5 Å². The van der Waals surface area contributed by atoms with Gasteiger partial charge in [0, 0.05) is 45.1 Å². The number of nitrogens with zero attached hydrogens (tertiary/aromatic N) is 5. The third-order valence-corrected chi connectivity index (χ3v) is 6.56. The number of fused-ring (bicyclic) bond motifs is 1. The molecule has 1 spiro atoms. The predicted molar refractivity (Wildman–Crippen MR) is 111 cm³/mol. The van der Waals surface area contributed by atoms with Crippen molar-refractivity contribution in [3.63, 3.8) is 0 Å². The Morgan fingerprint density at radius 3 is 2.57 bits per heavy atom. The first-order valence-corrected chi connectivity index (χ1v) is 10.7. The van der Waals surface area contributed by atoms with E-state index in [9.17, 15) is 9.59 Å². The van der Waals surface area contributed by atoms with Gasteiger partial charge in [0.2, 0.25) is 17.8 Å². The first-order chi connectivity index (χ1) is 14.3. The molecule has 2 bridgehead atoms. The van der Waals surface area contributed by atoms with E-state index in [0.717, 1.165) is 0 Å². The molecule has 3 saturated heterocycles. The molecule has 3 fully saturated rings. The van der Waals surface area contributed by atoms with Gasteiger partial charge in [-0.1, -0.05) is 32.9 Å². The van der Waals surface area contributed by atoms with Gasteiger partial charge in [0.05, 0.1) is 24.5 Å². The van der Waals surface area contributed by atoms with Crippen LogP contribution in [0.1, 0.15) is 20.8 Å². The lowest BCUT2D eigenvalue weighted by atomic mass is 9.76. The van der Waals surface area contributed by atoms with Crippen molar-refractivity contribution in [2.24, 2.45) is 17.3 Å². The van der Waals surface area contributed by atoms with Crippen LogP contribution in [0, 0.1) is 17.3 Å². The number of carbonyl (C=O) groups excluding carboxylic acids is 2. The highest BCUT2D eigenvalue weighted by Gasteiger charge is 2.67. The van der Waals surface area contributed by atoms with Crippen LogP contribution in [0.15, 0.2) is 30.6 Å². The molecule has 2 unspecified atom stereocenters. The summed E-state index contributed by atoms with van der Waals surface area (Å²) in [4.78, 5) is 41.3. The van der Waals surface area contributed by atoms with E-state index in [1.165, 1.54) is 0 Å². The quantitative estimate of drug-likeness (QED) is 0.690. The van der Waals surface area contributed by atoms with Gasteiger partial charge < -0.3 is 19.4 Å². The van der Waals surface area contributed by atoms with Crippen molar-refractivity contribution in [2.75, 3.05) is 44.2 Å². The monoisotopic (exact) mass is 411 g/mol. The van der Waals surface area contributed by atoms with E-state index >= 15 is 0 Å². The highest BCUT2D eigenvalue weighted by molar-refractivity contribution is 5.93.